The molecule has 0 bridgehead atoms. The van der Waals surface area contributed by atoms with Crippen molar-refractivity contribution in [2.45, 2.75) is 6.92 Å². The highest BCUT2D eigenvalue weighted by molar-refractivity contribution is 9.10. The molecular formula is C12H8BrFN2O3. The fraction of sp³-hybridized carbons (Fsp3) is 0.0833. The van der Waals surface area contributed by atoms with E-state index in [1.54, 1.807) is 0 Å². The third-order valence-corrected chi connectivity index (χ3v) is 3.19. The molecule has 0 fully saturated rings. The van der Waals surface area contributed by atoms with Gasteiger partial charge in [-0.3, -0.25) is 4.79 Å². The van der Waals surface area contributed by atoms with Gasteiger partial charge in [0.15, 0.2) is 0 Å². The number of hydrogen-bond donors (Lipinski definition) is 2. The SMILES string of the molecule is Cc1nc(-c2cc(F)ccc2Br)[nH]c(=O)c1C(=O)O. The minimum absolute atomic E-state index is 0.0717. The maximum absolute atomic E-state index is 13.2. The van der Waals surface area contributed by atoms with Crippen molar-refractivity contribution < 1.29 is 14.3 Å². The molecule has 0 radical (unpaired) electrons. The first-order valence-electron chi connectivity index (χ1n) is 5.20. The zero-order valence-electron chi connectivity index (χ0n) is 9.70. The minimum Gasteiger partial charge on any atom is -0.477 e. The monoisotopic (exact) mass is 326 g/mol. The fourth-order valence-electron chi connectivity index (χ4n) is 1.64. The summed E-state index contributed by atoms with van der Waals surface area (Å²) in [4.78, 5) is 28.9. The van der Waals surface area contributed by atoms with Crippen LogP contribution >= 0.6 is 15.9 Å². The van der Waals surface area contributed by atoms with Crippen LogP contribution < -0.4 is 5.56 Å². The number of aromatic nitrogens is 2. The van der Waals surface area contributed by atoms with Crippen molar-refractivity contribution in [1.82, 2.24) is 9.97 Å². The number of aryl methyl sites for hydroxylation is 1. The second-order valence-electron chi connectivity index (χ2n) is 3.80. The van der Waals surface area contributed by atoms with Gasteiger partial charge in [-0.25, -0.2) is 14.2 Å². The van der Waals surface area contributed by atoms with Gasteiger partial charge in [0.2, 0.25) is 0 Å². The molecule has 0 aliphatic carbocycles. The summed E-state index contributed by atoms with van der Waals surface area (Å²) in [5.74, 6) is -1.73. The van der Waals surface area contributed by atoms with Crippen LogP contribution in [0.2, 0.25) is 0 Å². The van der Waals surface area contributed by atoms with Gasteiger partial charge >= 0.3 is 5.97 Å². The minimum atomic E-state index is -1.35. The summed E-state index contributed by atoms with van der Waals surface area (Å²) in [5.41, 5.74) is -0.776. The Morgan fingerprint density at radius 3 is 2.74 bits per heavy atom. The lowest BCUT2D eigenvalue weighted by Crippen LogP contribution is -2.21. The van der Waals surface area contributed by atoms with Gasteiger partial charge in [0, 0.05) is 10.0 Å². The summed E-state index contributed by atoms with van der Waals surface area (Å²) < 4.78 is 13.7. The predicted octanol–water partition coefficient (Wildman–Crippen LogP) is 2.35. The summed E-state index contributed by atoms with van der Waals surface area (Å²) in [6.45, 7) is 1.41. The van der Waals surface area contributed by atoms with E-state index in [0.29, 0.717) is 10.0 Å². The van der Waals surface area contributed by atoms with Crippen molar-refractivity contribution in [3.63, 3.8) is 0 Å². The third-order valence-electron chi connectivity index (χ3n) is 2.50. The molecule has 2 aromatic rings. The van der Waals surface area contributed by atoms with E-state index in [-0.39, 0.29) is 11.5 Å². The van der Waals surface area contributed by atoms with Crippen LogP contribution in [0.15, 0.2) is 27.5 Å². The number of benzene rings is 1. The van der Waals surface area contributed by atoms with Gasteiger partial charge in [-0.1, -0.05) is 15.9 Å². The summed E-state index contributed by atoms with van der Waals surface area (Å²) in [6, 6.07) is 3.93. The second kappa shape index (κ2) is 4.93. The smallest absolute Gasteiger partial charge is 0.343 e. The van der Waals surface area contributed by atoms with Crippen molar-refractivity contribution in [3.05, 3.63) is 50.1 Å². The molecule has 1 aromatic heterocycles. The van der Waals surface area contributed by atoms with E-state index in [2.05, 4.69) is 25.9 Å². The molecule has 0 atom stereocenters. The number of hydrogen-bond acceptors (Lipinski definition) is 3. The largest absolute Gasteiger partial charge is 0.477 e. The van der Waals surface area contributed by atoms with Gasteiger partial charge in [-0.15, -0.1) is 0 Å². The lowest BCUT2D eigenvalue weighted by molar-refractivity contribution is 0.0693. The average Bonchev–Trinajstić information content (AvgIpc) is 2.30. The van der Waals surface area contributed by atoms with Gasteiger partial charge < -0.3 is 10.1 Å². The van der Waals surface area contributed by atoms with E-state index in [0.717, 1.165) is 0 Å². The topological polar surface area (TPSA) is 83.0 Å². The van der Waals surface area contributed by atoms with E-state index in [4.69, 9.17) is 5.11 Å². The van der Waals surface area contributed by atoms with Gasteiger partial charge in [-0.05, 0) is 25.1 Å². The highest BCUT2D eigenvalue weighted by atomic mass is 79.9. The standard InChI is InChI=1S/C12H8BrFN2O3/c1-5-9(12(18)19)11(17)16-10(15-5)7-4-6(14)2-3-8(7)13/h2-4H,1H3,(H,18,19)(H,15,16,17). The van der Waals surface area contributed by atoms with Crippen LogP contribution in [0.1, 0.15) is 16.1 Å². The molecule has 0 saturated carbocycles. The van der Waals surface area contributed by atoms with E-state index in [9.17, 15) is 14.0 Å². The van der Waals surface area contributed by atoms with E-state index >= 15 is 0 Å². The van der Waals surface area contributed by atoms with Crippen molar-refractivity contribution in [1.29, 1.82) is 0 Å². The quantitative estimate of drug-likeness (QED) is 0.887. The van der Waals surface area contributed by atoms with E-state index < -0.39 is 22.9 Å². The van der Waals surface area contributed by atoms with Gasteiger partial charge in [0.1, 0.15) is 17.2 Å². The van der Waals surface area contributed by atoms with Gasteiger partial charge in [0.05, 0.1) is 5.69 Å². The van der Waals surface area contributed by atoms with E-state index in [1.165, 1.54) is 25.1 Å². The lowest BCUT2D eigenvalue weighted by Gasteiger charge is -2.06. The Hall–Kier alpha value is -2.02. The summed E-state index contributed by atoms with van der Waals surface area (Å²) in [5, 5.41) is 8.88. The highest BCUT2D eigenvalue weighted by Crippen LogP contribution is 2.26. The van der Waals surface area contributed by atoms with Crippen LogP contribution in [0.25, 0.3) is 11.4 Å². The molecule has 0 unspecified atom stereocenters. The second-order valence-corrected chi connectivity index (χ2v) is 4.66. The number of rotatable bonds is 2. The van der Waals surface area contributed by atoms with Crippen molar-refractivity contribution in [3.8, 4) is 11.4 Å². The molecule has 1 aromatic carbocycles. The number of carboxylic acid groups (broad SMARTS) is 1. The van der Waals surface area contributed by atoms with Gasteiger partial charge in [-0.2, -0.15) is 0 Å². The summed E-state index contributed by atoms with van der Waals surface area (Å²) in [6.07, 6.45) is 0. The third kappa shape index (κ3) is 2.55. The van der Waals surface area contributed by atoms with Crippen molar-refractivity contribution in [2.24, 2.45) is 0 Å². The Morgan fingerprint density at radius 2 is 2.16 bits per heavy atom. The maximum Gasteiger partial charge on any atom is 0.343 e. The molecule has 19 heavy (non-hydrogen) atoms. The molecule has 7 heteroatoms. The van der Waals surface area contributed by atoms with Crippen LogP contribution in [0.5, 0.6) is 0 Å². The molecule has 1 heterocycles. The lowest BCUT2D eigenvalue weighted by atomic mass is 10.2. The van der Waals surface area contributed by atoms with Gasteiger partial charge in [0.25, 0.3) is 5.56 Å². The number of halogens is 2. The maximum atomic E-state index is 13.2. The first kappa shape index (κ1) is 13.4. The van der Waals surface area contributed by atoms with Crippen LogP contribution in [-0.4, -0.2) is 21.0 Å². The average molecular weight is 327 g/mol. The zero-order chi connectivity index (χ0) is 14.2. The number of nitrogens with zero attached hydrogens (tertiary/aromatic N) is 1. The van der Waals surface area contributed by atoms with Crippen LogP contribution in [0, 0.1) is 12.7 Å². The number of carboxylic acids is 1. The van der Waals surface area contributed by atoms with E-state index in [1.807, 2.05) is 0 Å². The normalized spacial score (nSPS) is 10.5. The molecule has 5 nitrogen and oxygen atoms in total. The Kier molecular flexibility index (Phi) is 3.48. The Labute approximate surface area is 115 Å². The Morgan fingerprint density at radius 1 is 1.47 bits per heavy atom. The molecule has 98 valence electrons. The van der Waals surface area contributed by atoms with Crippen LogP contribution in [0.4, 0.5) is 4.39 Å². The molecule has 0 aliphatic heterocycles. The van der Waals surface area contributed by atoms with Crippen LogP contribution in [-0.2, 0) is 0 Å². The molecule has 0 amide bonds. The molecule has 0 saturated heterocycles. The van der Waals surface area contributed by atoms with Crippen LogP contribution in [0.3, 0.4) is 0 Å². The van der Waals surface area contributed by atoms with Crippen molar-refractivity contribution in [2.75, 3.05) is 0 Å². The predicted molar refractivity (Wildman–Crippen MR) is 69.6 cm³/mol. The van der Waals surface area contributed by atoms with Crippen molar-refractivity contribution >= 4 is 21.9 Å². The summed E-state index contributed by atoms with van der Waals surface area (Å²) in [7, 11) is 0. The number of nitrogens with one attached hydrogen (secondary N) is 1. The highest BCUT2D eigenvalue weighted by Gasteiger charge is 2.16. The number of aromatic amines is 1. The Balaban J connectivity index is 2.68. The number of carbonyl (C=O) groups is 1. The number of H-pyrrole nitrogens is 1. The summed E-state index contributed by atoms with van der Waals surface area (Å²) >= 11 is 3.22. The Bertz CT molecular complexity index is 727. The fourth-order valence-corrected chi connectivity index (χ4v) is 2.08. The zero-order valence-corrected chi connectivity index (χ0v) is 11.3. The number of aromatic carboxylic acids is 1. The molecular weight excluding hydrogens is 319 g/mol. The molecule has 2 N–H and O–H groups in total. The first-order chi connectivity index (χ1) is 8.90. The molecule has 0 aliphatic rings. The molecule has 0 spiro atoms. The first-order valence-corrected chi connectivity index (χ1v) is 5.99. The molecule has 2 rings (SSSR count).